The molecule has 1 unspecified atom stereocenters. The summed E-state index contributed by atoms with van der Waals surface area (Å²) < 4.78 is 0. The van der Waals surface area contributed by atoms with Crippen LogP contribution in [0.1, 0.15) is 85.0 Å². The van der Waals surface area contributed by atoms with Gasteiger partial charge in [-0.2, -0.15) is 0 Å². The third-order valence-electron chi connectivity index (χ3n) is 9.20. The molecule has 0 heterocycles. The van der Waals surface area contributed by atoms with Gasteiger partial charge in [-0.3, -0.25) is 4.99 Å². The van der Waals surface area contributed by atoms with Crippen molar-refractivity contribution in [3.05, 3.63) is 11.6 Å². The highest BCUT2D eigenvalue weighted by Crippen LogP contribution is 2.64. The minimum Gasteiger partial charge on any atom is -0.393 e. The predicted molar refractivity (Wildman–Crippen MR) is 103 cm³/mol. The third kappa shape index (κ3) is 2.35. The maximum Gasteiger partial charge on any atom is 0.0581 e. The monoisotopic (exact) mass is 341 g/mol. The molecule has 0 aromatic heterocycles. The van der Waals surface area contributed by atoms with Gasteiger partial charge in [-0.05, 0) is 94.3 Å². The van der Waals surface area contributed by atoms with Gasteiger partial charge in [0.15, 0.2) is 0 Å². The molecular weight excluding hydrogens is 306 g/mol. The molecule has 5 aliphatic rings. The number of aliphatic imine (C=N–C) groups is 1. The van der Waals surface area contributed by atoms with Crippen LogP contribution in [0.3, 0.4) is 0 Å². The van der Waals surface area contributed by atoms with Crippen LogP contribution in [0.25, 0.3) is 0 Å². The molecule has 6 atom stereocenters. The summed E-state index contributed by atoms with van der Waals surface area (Å²) in [7, 11) is 0. The van der Waals surface area contributed by atoms with Crippen LogP contribution in [0, 0.1) is 28.6 Å². The maximum atomic E-state index is 10.1. The largest absolute Gasteiger partial charge is 0.393 e. The molecule has 138 valence electrons. The van der Waals surface area contributed by atoms with Crippen molar-refractivity contribution in [3.8, 4) is 0 Å². The Morgan fingerprint density at radius 2 is 1.68 bits per heavy atom. The lowest BCUT2D eigenvalue weighted by atomic mass is 9.48. The second kappa shape index (κ2) is 5.21. The number of rotatable bonds is 1. The highest BCUT2D eigenvalue weighted by atomic mass is 16.3. The summed E-state index contributed by atoms with van der Waals surface area (Å²) in [5.41, 5.74) is 4.22. The normalized spacial score (nSPS) is 52.2. The van der Waals surface area contributed by atoms with Crippen molar-refractivity contribution in [1.82, 2.24) is 0 Å². The van der Waals surface area contributed by atoms with Gasteiger partial charge < -0.3 is 5.11 Å². The minimum absolute atomic E-state index is 0.0887. The summed E-state index contributed by atoms with van der Waals surface area (Å²) in [5.74, 6) is 2.53. The zero-order valence-electron chi connectivity index (χ0n) is 16.4. The molecule has 5 rings (SSSR count). The molecule has 0 saturated heterocycles. The van der Waals surface area contributed by atoms with Gasteiger partial charge in [0, 0.05) is 11.1 Å². The maximum absolute atomic E-state index is 10.1. The molecule has 1 N–H and O–H groups in total. The lowest BCUT2D eigenvalue weighted by Gasteiger charge is -2.57. The Balaban J connectivity index is 1.46. The Bertz CT molecular complexity index is 644. The van der Waals surface area contributed by atoms with Crippen molar-refractivity contribution in [1.29, 1.82) is 0 Å². The van der Waals surface area contributed by atoms with Gasteiger partial charge in [-0.25, -0.2) is 0 Å². The van der Waals surface area contributed by atoms with Crippen molar-refractivity contribution in [3.63, 3.8) is 0 Å². The molecule has 0 aromatic rings. The van der Waals surface area contributed by atoms with Crippen molar-refractivity contribution in [2.75, 3.05) is 0 Å². The number of allylic oxidation sites excluding steroid dienone is 1. The molecular formula is C23H35NO. The zero-order chi connectivity index (χ0) is 17.4. The van der Waals surface area contributed by atoms with E-state index in [1.165, 1.54) is 51.4 Å². The van der Waals surface area contributed by atoms with Crippen LogP contribution in [0.15, 0.2) is 16.6 Å². The summed E-state index contributed by atoms with van der Waals surface area (Å²) in [5, 5.41) is 10.1. The van der Waals surface area contributed by atoms with Crippen LogP contribution in [0.5, 0.6) is 0 Å². The Hall–Kier alpha value is -0.630. The number of hydrogen-bond donors (Lipinski definition) is 1. The van der Waals surface area contributed by atoms with E-state index in [0.717, 1.165) is 30.6 Å². The smallest absolute Gasteiger partial charge is 0.0581 e. The molecule has 5 aliphatic carbocycles. The quantitative estimate of drug-likeness (QED) is 0.645. The number of aliphatic hydroxyl groups is 1. The van der Waals surface area contributed by atoms with Crippen LogP contribution < -0.4 is 0 Å². The number of aliphatic hydroxyl groups excluding tert-OH is 1. The Morgan fingerprint density at radius 3 is 2.44 bits per heavy atom. The van der Waals surface area contributed by atoms with Crippen LogP contribution in [-0.4, -0.2) is 22.5 Å². The molecule has 2 heteroatoms. The van der Waals surface area contributed by atoms with Gasteiger partial charge in [0.05, 0.1) is 11.6 Å². The number of fused-ring (bicyclic) bond motifs is 5. The van der Waals surface area contributed by atoms with Crippen molar-refractivity contribution < 1.29 is 5.11 Å². The summed E-state index contributed by atoms with van der Waals surface area (Å²) in [6.45, 7) is 7.43. The molecule has 4 saturated carbocycles. The van der Waals surface area contributed by atoms with Crippen LogP contribution >= 0.6 is 0 Å². The van der Waals surface area contributed by atoms with E-state index in [0.29, 0.717) is 16.4 Å². The van der Waals surface area contributed by atoms with E-state index in [2.05, 4.69) is 26.8 Å². The first-order valence-corrected chi connectivity index (χ1v) is 10.8. The fourth-order valence-electron chi connectivity index (χ4n) is 7.23. The summed E-state index contributed by atoms with van der Waals surface area (Å²) in [6, 6.07) is 0. The van der Waals surface area contributed by atoms with E-state index >= 15 is 0 Å². The molecule has 0 spiro atoms. The van der Waals surface area contributed by atoms with E-state index in [9.17, 15) is 5.11 Å². The van der Waals surface area contributed by atoms with Crippen molar-refractivity contribution in [2.24, 2.45) is 33.6 Å². The molecule has 4 fully saturated rings. The van der Waals surface area contributed by atoms with E-state index in [1.54, 1.807) is 11.3 Å². The SMILES string of the molecule is CC1(N=C2CC[C@H]3[C@@H]4CC=C5CC(O)CC[C@]5(C)[C@@H]4CC[C@]23C)CC1. The molecule has 0 aromatic carbocycles. The van der Waals surface area contributed by atoms with Crippen LogP contribution in [0.4, 0.5) is 0 Å². The second-order valence-electron chi connectivity index (χ2n) is 10.7. The zero-order valence-corrected chi connectivity index (χ0v) is 16.4. The van der Waals surface area contributed by atoms with Gasteiger partial charge in [0.2, 0.25) is 0 Å². The minimum atomic E-state index is -0.0887. The molecule has 2 nitrogen and oxygen atoms in total. The van der Waals surface area contributed by atoms with E-state index in [1.807, 2.05) is 0 Å². The second-order valence-corrected chi connectivity index (χ2v) is 10.7. The van der Waals surface area contributed by atoms with Crippen LogP contribution in [-0.2, 0) is 0 Å². The number of nitrogens with zero attached hydrogens (tertiary/aromatic N) is 1. The van der Waals surface area contributed by atoms with Crippen molar-refractivity contribution >= 4 is 5.71 Å². The van der Waals surface area contributed by atoms with E-state index < -0.39 is 0 Å². The lowest BCUT2D eigenvalue weighted by Crippen LogP contribution is -2.50. The number of hydrogen-bond acceptors (Lipinski definition) is 2. The van der Waals surface area contributed by atoms with E-state index in [4.69, 9.17) is 4.99 Å². The first kappa shape index (κ1) is 16.5. The van der Waals surface area contributed by atoms with Crippen LogP contribution in [0.2, 0.25) is 0 Å². The fourth-order valence-corrected chi connectivity index (χ4v) is 7.23. The lowest BCUT2D eigenvalue weighted by molar-refractivity contribution is -0.0209. The topological polar surface area (TPSA) is 32.6 Å². The molecule has 0 radical (unpaired) electrons. The first-order chi connectivity index (χ1) is 11.8. The average molecular weight is 342 g/mol. The molecule has 0 aliphatic heterocycles. The molecule has 25 heavy (non-hydrogen) atoms. The third-order valence-corrected chi connectivity index (χ3v) is 9.20. The molecule has 0 bridgehead atoms. The Labute approximate surface area is 153 Å². The highest BCUT2D eigenvalue weighted by Gasteiger charge is 2.58. The Morgan fingerprint density at radius 1 is 0.960 bits per heavy atom. The van der Waals surface area contributed by atoms with Gasteiger partial charge in [-0.15, -0.1) is 0 Å². The van der Waals surface area contributed by atoms with Gasteiger partial charge in [0.25, 0.3) is 0 Å². The van der Waals surface area contributed by atoms with Gasteiger partial charge in [0.1, 0.15) is 0 Å². The highest BCUT2D eigenvalue weighted by molar-refractivity contribution is 5.93. The summed E-state index contributed by atoms with van der Waals surface area (Å²) in [6.07, 6.45) is 14.8. The first-order valence-electron chi connectivity index (χ1n) is 10.8. The van der Waals surface area contributed by atoms with Gasteiger partial charge in [-0.1, -0.05) is 25.5 Å². The fraction of sp³-hybridized carbons (Fsp3) is 0.870. The summed E-state index contributed by atoms with van der Waals surface area (Å²) >= 11 is 0. The van der Waals surface area contributed by atoms with Crippen molar-refractivity contribution in [2.45, 2.75) is 96.6 Å². The average Bonchev–Trinajstić information content (AvgIpc) is 3.21. The Kier molecular flexibility index (Phi) is 3.45. The predicted octanol–water partition coefficient (Wildman–Crippen LogP) is 5.30. The van der Waals surface area contributed by atoms with Gasteiger partial charge >= 0.3 is 0 Å². The van der Waals surface area contributed by atoms with E-state index in [-0.39, 0.29) is 6.10 Å². The molecule has 0 amide bonds. The standard InChI is InChI=1S/C23H35NO/c1-21(12-13-21)24-20-7-6-18-17-5-4-15-14-16(25)8-10-22(15,2)19(17)9-11-23(18,20)3/h4,16-19,25H,5-14H2,1-3H3/t16?,17-,18-,19+,22-,23-/m0/s1. The summed E-state index contributed by atoms with van der Waals surface area (Å²) in [4.78, 5) is 5.29.